The van der Waals surface area contributed by atoms with E-state index >= 15 is 0 Å². The van der Waals surface area contributed by atoms with Crippen LogP contribution in [0, 0.1) is 5.82 Å². The molecule has 0 aliphatic heterocycles. The highest BCUT2D eigenvalue weighted by atomic mass is 32.2. The quantitative estimate of drug-likeness (QED) is 0.848. The number of rotatable bonds is 4. The van der Waals surface area contributed by atoms with Gasteiger partial charge < -0.3 is 5.73 Å². The molecule has 1 aromatic rings. The highest BCUT2D eigenvalue weighted by Gasteiger charge is 2.15. The molecule has 0 aliphatic rings. The van der Waals surface area contributed by atoms with Crippen LogP contribution in [0.2, 0.25) is 0 Å². The fraction of sp³-hybridized carbons (Fsp3) is 0.400. The number of benzene rings is 1. The molecule has 15 heavy (non-hydrogen) atoms. The molecular weight excluding hydrogens is 217 g/mol. The highest BCUT2D eigenvalue weighted by molar-refractivity contribution is 7.91. The first kappa shape index (κ1) is 12.1. The van der Waals surface area contributed by atoms with Gasteiger partial charge in [-0.15, -0.1) is 0 Å². The zero-order chi connectivity index (χ0) is 11.5. The second-order valence-corrected chi connectivity index (χ2v) is 5.76. The van der Waals surface area contributed by atoms with Crippen LogP contribution in [0.4, 0.5) is 4.39 Å². The van der Waals surface area contributed by atoms with Crippen molar-refractivity contribution in [1.29, 1.82) is 0 Å². The molecule has 5 heteroatoms. The summed E-state index contributed by atoms with van der Waals surface area (Å²) in [6.07, 6.45) is 0. The van der Waals surface area contributed by atoms with Crippen molar-refractivity contribution in [2.75, 3.05) is 11.5 Å². The van der Waals surface area contributed by atoms with Gasteiger partial charge in [-0.3, -0.25) is 0 Å². The summed E-state index contributed by atoms with van der Waals surface area (Å²) in [5, 5.41) is 0. The van der Waals surface area contributed by atoms with Crippen LogP contribution >= 0.6 is 0 Å². The Bertz CT molecular complexity index is 431. The molecule has 0 radical (unpaired) electrons. The van der Waals surface area contributed by atoms with Gasteiger partial charge in [0.2, 0.25) is 0 Å². The first-order chi connectivity index (χ1) is 6.94. The summed E-state index contributed by atoms with van der Waals surface area (Å²) >= 11 is 0. The molecule has 0 spiro atoms. The summed E-state index contributed by atoms with van der Waals surface area (Å²) < 4.78 is 35.4. The lowest BCUT2D eigenvalue weighted by molar-refractivity contribution is 0.588. The third kappa shape index (κ3) is 3.60. The number of sulfone groups is 1. The van der Waals surface area contributed by atoms with Crippen LogP contribution in [0.1, 0.15) is 18.5 Å². The zero-order valence-electron chi connectivity index (χ0n) is 8.48. The molecule has 0 fully saturated rings. The minimum Gasteiger partial charge on any atom is -0.323 e. The van der Waals surface area contributed by atoms with E-state index in [-0.39, 0.29) is 11.5 Å². The topological polar surface area (TPSA) is 60.2 Å². The predicted octanol–water partition coefficient (Wildman–Crippen LogP) is 1.26. The fourth-order valence-electron chi connectivity index (χ4n) is 1.22. The van der Waals surface area contributed by atoms with Gasteiger partial charge in [0.15, 0.2) is 9.84 Å². The minimum absolute atomic E-state index is 0.0516. The standard InChI is InChI=1S/C10H14FNO2S/c1-2-15(13,14)7-10(12)8-4-3-5-9(11)6-8/h3-6,10H,2,7,12H2,1H3. The van der Waals surface area contributed by atoms with Crippen LogP contribution < -0.4 is 5.73 Å². The lowest BCUT2D eigenvalue weighted by Crippen LogP contribution is -2.22. The van der Waals surface area contributed by atoms with Crippen molar-refractivity contribution in [3.05, 3.63) is 35.6 Å². The van der Waals surface area contributed by atoms with Crippen LogP contribution in [0.15, 0.2) is 24.3 Å². The van der Waals surface area contributed by atoms with E-state index in [1.165, 1.54) is 18.2 Å². The number of hydrogen-bond donors (Lipinski definition) is 1. The van der Waals surface area contributed by atoms with Crippen molar-refractivity contribution in [2.45, 2.75) is 13.0 Å². The van der Waals surface area contributed by atoms with Gasteiger partial charge >= 0.3 is 0 Å². The van der Waals surface area contributed by atoms with Gasteiger partial charge in [-0.25, -0.2) is 12.8 Å². The Balaban J connectivity index is 2.82. The van der Waals surface area contributed by atoms with Crippen molar-refractivity contribution in [1.82, 2.24) is 0 Å². The third-order valence-corrected chi connectivity index (χ3v) is 3.90. The first-order valence-corrected chi connectivity index (χ1v) is 6.48. The molecule has 0 saturated heterocycles. The Kier molecular flexibility index (Phi) is 3.82. The Morgan fingerprint density at radius 1 is 1.47 bits per heavy atom. The largest absolute Gasteiger partial charge is 0.323 e. The molecule has 1 atom stereocenters. The van der Waals surface area contributed by atoms with E-state index < -0.39 is 21.7 Å². The van der Waals surface area contributed by atoms with Crippen LogP contribution in [0.3, 0.4) is 0 Å². The van der Waals surface area contributed by atoms with E-state index in [2.05, 4.69) is 0 Å². The Hall–Kier alpha value is -0.940. The molecule has 0 aliphatic carbocycles. The Morgan fingerprint density at radius 3 is 2.67 bits per heavy atom. The SMILES string of the molecule is CCS(=O)(=O)CC(N)c1cccc(F)c1. The number of halogens is 1. The molecule has 84 valence electrons. The average molecular weight is 231 g/mol. The van der Waals surface area contributed by atoms with Crippen molar-refractivity contribution >= 4 is 9.84 Å². The third-order valence-electron chi connectivity index (χ3n) is 2.15. The van der Waals surface area contributed by atoms with E-state index in [4.69, 9.17) is 5.73 Å². The van der Waals surface area contributed by atoms with Crippen molar-refractivity contribution in [3.63, 3.8) is 0 Å². The molecule has 0 bridgehead atoms. The van der Waals surface area contributed by atoms with E-state index in [9.17, 15) is 12.8 Å². The Morgan fingerprint density at radius 2 is 2.13 bits per heavy atom. The molecule has 1 aromatic carbocycles. The molecule has 0 aromatic heterocycles. The molecular formula is C10H14FNO2S. The van der Waals surface area contributed by atoms with E-state index in [0.717, 1.165) is 0 Å². The second-order valence-electron chi connectivity index (χ2n) is 3.36. The number of nitrogens with two attached hydrogens (primary N) is 1. The van der Waals surface area contributed by atoms with E-state index in [0.29, 0.717) is 5.56 Å². The van der Waals surface area contributed by atoms with Crippen molar-refractivity contribution < 1.29 is 12.8 Å². The number of hydrogen-bond acceptors (Lipinski definition) is 3. The zero-order valence-corrected chi connectivity index (χ0v) is 9.30. The van der Waals surface area contributed by atoms with Crippen LogP contribution in [-0.2, 0) is 9.84 Å². The summed E-state index contributed by atoms with van der Waals surface area (Å²) in [6.45, 7) is 1.56. The minimum atomic E-state index is -3.13. The van der Waals surface area contributed by atoms with Gasteiger partial charge in [-0.2, -0.15) is 0 Å². The Labute approximate surface area is 89.0 Å². The van der Waals surface area contributed by atoms with Crippen molar-refractivity contribution in [3.8, 4) is 0 Å². The molecule has 0 amide bonds. The van der Waals surface area contributed by atoms with Gasteiger partial charge in [0.1, 0.15) is 5.82 Å². The van der Waals surface area contributed by atoms with E-state index in [1.807, 2.05) is 0 Å². The van der Waals surface area contributed by atoms with Gasteiger partial charge in [0.05, 0.1) is 5.75 Å². The van der Waals surface area contributed by atoms with Crippen LogP contribution in [-0.4, -0.2) is 19.9 Å². The summed E-state index contributed by atoms with van der Waals surface area (Å²) in [6, 6.07) is 5.04. The summed E-state index contributed by atoms with van der Waals surface area (Å²) in [5.74, 6) is -0.500. The lowest BCUT2D eigenvalue weighted by Gasteiger charge is -2.11. The molecule has 3 nitrogen and oxygen atoms in total. The van der Waals surface area contributed by atoms with Crippen LogP contribution in [0.25, 0.3) is 0 Å². The monoisotopic (exact) mass is 231 g/mol. The maximum atomic E-state index is 12.8. The van der Waals surface area contributed by atoms with Crippen molar-refractivity contribution in [2.24, 2.45) is 5.73 Å². The fourth-order valence-corrected chi connectivity index (χ4v) is 2.20. The molecule has 0 saturated carbocycles. The first-order valence-electron chi connectivity index (χ1n) is 4.66. The molecule has 2 N–H and O–H groups in total. The molecule has 1 rings (SSSR count). The maximum Gasteiger partial charge on any atom is 0.151 e. The van der Waals surface area contributed by atoms with Gasteiger partial charge in [-0.1, -0.05) is 19.1 Å². The summed E-state index contributed by atoms with van der Waals surface area (Å²) in [5.41, 5.74) is 6.19. The van der Waals surface area contributed by atoms with Gasteiger partial charge in [0, 0.05) is 11.8 Å². The van der Waals surface area contributed by atoms with Crippen LogP contribution in [0.5, 0.6) is 0 Å². The predicted molar refractivity (Wildman–Crippen MR) is 57.7 cm³/mol. The molecule has 0 heterocycles. The molecule has 1 unspecified atom stereocenters. The maximum absolute atomic E-state index is 12.8. The summed E-state index contributed by atoms with van der Waals surface area (Å²) in [4.78, 5) is 0. The van der Waals surface area contributed by atoms with Gasteiger partial charge in [0.25, 0.3) is 0 Å². The highest BCUT2D eigenvalue weighted by Crippen LogP contribution is 2.13. The second kappa shape index (κ2) is 4.72. The van der Waals surface area contributed by atoms with E-state index in [1.54, 1.807) is 13.0 Å². The smallest absolute Gasteiger partial charge is 0.151 e. The normalized spacial score (nSPS) is 13.8. The van der Waals surface area contributed by atoms with Gasteiger partial charge in [-0.05, 0) is 17.7 Å². The summed E-state index contributed by atoms with van der Waals surface area (Å²) in [7, 11) is -3.13. The lowest BCUT2D eigenvalue weighted by atomic mass is 10.1. The average Bonchev–Trinajstić information content (AvgIpc) is 2.17.